The van der Waals surface area contributed by atoms with Crippen molar-refractivity contribution in [3.8, 4) is 11.3 Å². The molecule has 0 fully saturated rings. The van der Waals surface area contributed by atoms with Gasteiger partial charge in [0, 0.05) is 44.8 Å². The maximum absolute atomic E-state index is 5.15. The summed E-state index contributed by atoms with van der Waals surface area (Å²) in [5, 5.41) is 3.23. The Balaban J connectivity index is 2.02. The lowest BCUT2D eigenvalue weighted by atomic mass is 10.1. The third-order valence-corrected chi connectivity index (χ3v) is 5.04. The van der Waals surface area contributed by atoms with Gasteiger partial charge in [-0.15, -0.1) is 0 Å². The van der Waals surface area contributed by atoms with Gasteiger partial charge in [-0.25, -0.2) is 15.0 Å². The number of rotatable bonds is 8. The van der Waals surface area contributed by atoms with Crippen LogP contribution in [0.2, 0.25) is 0 Å². The molecule has 3 rings (SSSR count). The topological polar surface area (TPSA) is 64.9 Å². The number of hydrogen-bond acceptors (Lipinski definition) is 5. The smallest absolute Gasteiger partial charge is 0.159 e. The van der Waals surface area contributed by atoms with E-state index in [0.717, 1.165) is 71.2 Å². The molecule has 150 valence electrons. The van der Waals surface area contributed by atoms with E-state index < -0.39 is 0 Å². The van der Waals surface area contributed by atoms with Crippen LogP contribution in [0.1, 0.15) is 49.6 Å². The van der Waals surface area contributed by atoms with Crippen LogP contribution in [-0.4, -0.2) is 40.3 Å². The molecule has 3 aromatic heterocycles. The first kappa shape index (κ1) is 20.3. The van der Waals surface area contributed by atoms with Gasteiger partial charge in [0.05, 0.1) is 11.4 Å². The van der Waals surface area contributed by atoms with Gasteiger partial charge in [0.25, 0.3) is 0 Å². The first-order valence-corrected chi connectivity index (χ1v) is 9.98. The lowest BCUT2D eigenvalue weighted by Crippen LogP contribution is -2.04. The number of aryl methyl sites for hydroxylation is 3. The molecule has 0 aliphatic heterocycles. The highest BCUT2D eigenvalue weighted by atomic mass is 16.5. The number of fused-ring (bicyclic) bond motifs is 1. The van der Waals surface area contributed by atoms with Crippen LogP contribution in [0.3, 0.4) is 0 Å². The summed E-state index contributed by atoms with van der Waals surface area (Å²) in [5.41, 5.74) is 6.92. The van der Waals surface area contributed by atoms with Crippen LogP contribution in [0.5, 0.6) is 0 Å². The van der Waals surface area contributed by atoms with Crippen LogP contribution in [0, 0.1) is 13.8 Å². The van der Waals surface area contributed by atoms with Crippen molar-refractivity contribution in [3.05, 3.63) is 35.3 Å². The molecule has 0 aromatic carbocycles. The second kappa shape index (κ2) is 8.69. The van der Waals surface area contributed by atoms with Crippen molar-refractivity contribution in [2.24, 2.45) is 0 Å². The van der Waals surface area contributed by atoms with Crippen LogP contribution in [0.15, 0.2) is 18.3 Å². The maximum Gasteiger partial charge on any atom is 0.159 e. The monoisotopic (exact) mass is 381 g/mol. The van der Waals surface area contributed by atoms with Crippen molar-refractivity contribution in [2.75, 3.05) is 26.1 Å². The predicted molar refractivity (Wildman–Crippen MR) is 115 cm³/mol. The van der Waals surface area contributed by atoms with Crippen LogP contribution in [0.4, 0.5) is 5.82 Å². The minimum absolute atomic E-state index is 0.380. The Labute approximate surface area is 167 Å². The number of unbranched alkanes of at least 4 members (excludes halogenated alkanes) is 1. The highest BCUT2D eigenvalue weighted by molar-refractivity contribution is 5.82. The van der Waals surface area contributed by atoms with Crippen molar-refractivity contribution in [1.29, 1.82) is 0 Å². The van der Waals surface area contributed by atoms with E-state index in [0.29, 0.717) is 5.92 Å². The molecule has 28 heavy (non-hydrogen) atoms. The van der Waals surface area contributed by atoms with Crippen molar-refractivity contribution >= 4 is 17.0 Å². The molecule has 3 heterocycles. The van der Waals surface area contributed by atoms with Gasteiger partial charge in [-0.3, -0.25) is 0 Å². The van der Waals surface area contributed by atoms with Gasteiger partial charge in [-0.2, -0.15) is 0 Å². The number of anilines is 1. The number of pyridine rings is 1. The number of methoxy groups -OCH3 is 1. The Hall–Kier alpha value is -2.47. The highest BCUT2D eigenvalue weighted by Gasteiger charge is 2.17. The van der Waals surface area contributed by atoms with E-state index in [1.807, 2.05) is 14.0 Å². The number of hydrogen-bond donors (Lipinski definition) is 1. The summed E-state index contributed by atoms with van der Waals surface area (Å²) in [5.74, 6) is 1.23. The van der Waals surface area contributed by atoms with Crippen LogP contribution in [0.25, 0.3) is 22.4 Å². The number of aromatic nitrogens is 4. The molecule has 0 aliphatic rings. The predicted octanol–water partition coefficient (Wildman–Crippen LogP) is 4.70. The molecule has 0 spiro atoms. The molecule has 0 aliphatic carbocycles. The van der Waals surface area contributed by atoms with Crippen molar-refractivity contribution in [3.63, 3.8) is 0 Å². The zero-order valence-electron chi connectivity index (χ0n) is 17.8. The molecule has 6 heteroatoms. The van der Waals surface area contributed by atoms with Crippen molar-refractivity contribution in [1.82, 2.24) is 19.5 Å². The van der Waals surface area contributed by atoms with E-state index in [2.05, 4.69) is 49.0 Å². The van der Waals surface area contributed by atoms with Crippen LogP contribution in [-0.2, 0) is 11.3 Å². The second-order valence-electron chi connectivity index (χ2n) is 7.57. The molecule has 0 bridgehead atoms. The van der Waals surface area contributed by atoms with E-state index in [9.17, 15) is 0 Å². The summed E-state index contributed by atoms with van der Waals surface area (Å²) in [4.78, 5) is 14.7. The van der Waals surface area contributed by atoms with E-state index in [1.54, 1.807) is 7.11 Å². The van der Waals surface area contributed by atoms with Gasteiger partial charge in [-0.05, 0) is 50.3 Å². The van der Waals surface area contributed by atoms with E-state index in [-0.39, 0.29) is 0 Å². The molecule has 0 amide bonds. The van der Waals surface area contributed by atoms with Crippen LogP contribution >= 0.6 is 0 Å². The Morgan fingerprint density at radius 3 is 2.57 bits per heavy atom. The van der Waals surface area contributed by atoms with Gasteiger partial charge in [0.1, 0.15) is 11.3 Å². The normalized spacial score (nSPS) is 11.5. The lowest BCUT2D eigenvalue weighted by Gasteiger charge is -2.13. The molecular weight excluding hydrogens is 350 g/mol. The Morgan fingerprint density at radius 1 is 1.11 bits per heavy atom. The molecule has 0 radical (unpaired) electrons. The molecular formula is C22H31N5O. The van der Waals surface area contributed by atoms with Gasteiger partial charge in [-0.1, -0.05) is 13.8 Å². The summed E-state index contributed by atoms with van der Waals surface area (Å²) < 4.78 is 7.36. The van der Waals surface area contributed by atoms with Crippen molar-refractivity contribution < 1.29 is 4.74 Å². The summed E-state index contributed by atoms with van der Waals surface area (Å²) in [7, 11) is 3.65. The Kier molecular flexibility index (Phi) is 6.29. The first-order valence-electron chi connectivity index (χ1n) is 9.98. The fraction of sp³-hybridized carbons (Fsp3) is 0.500. The fourth-order valence-corrected chi connectivity index (χ4v) is 3.46. The standard InChI is InChI=1S/C22H31N5O/c1-14(2)18-10-9-17(21(23-5)25-18)20-16(4)24-22-19(26-20)15(3)13-27(22)11-7-8-12-28-6/h9-10,13-14H,7-8,11-12H2,1-6H3,(H,23,25). The van der Waals surface area contributed by atoms with Crippen LogP contribution < -0.4 is 5.32 Å². The number of nitrogens with one attached hydrogen (secondary N) is 1. The zero-order valence-corrected chi connectivity index (χ0v) is 17.8. The van der Waals surface area contributed by atoms with Gasteiger partial charge >= 0.3 is 0 Å². The first-order chi connectivity index (χ1) is 13.5. The molecule has 6 nitrogen and oxygen atoms in total. The molecule has 1 N–H and O–H groups in total. The average molecular weight is 382 g/mol. The molecule has 0 atom stereocenters. The lowest BCUT2D eigenvalue weighted by molar-refractivity contribution is 0.191. The van der Waals surface area contributed by atoms with Crippen molar-refractivity contribution in [2.45, 2.75) is 53.0 Å². The summed E-state index contributed by atoms with van der Waals surface area (Å²) in [6.45, 7) is 10.1. The SMILES string of the molecule is CNc1nc(C(C)C)ccc1-c1nc2c(C)cn(CCCCOC)c2nc1C. The highest BCUT2D eigenvalue weighted by Crippen LogP contribution is 2.31. The summed E-state index contributed by atoms with van der Waals surface area (Å²) >= 11 is 0. The Morgan fingerprint density at radius 2 is 1.89 bits per heavy atom. The van der Waals surface area contributed by atoms with Gasteiger partial charge in [0.2, 0.25) is 0 Å². The number of nitrogens with zero attached hydrogens (tertiary/aromatic N) is 4. The molecule has 0 saturated carbocycles. The molecule has 0 saturated heterocycles. The largest absolute Gasteiger partial charge is 0.385 e. The quantitative estimate of drug-likeness (QED) is 0.573. The summed E-state index contributed by atoms with van der Waals surface area (Å²) in [6, 6.07) is 4.19. The fourth-order valence-electron chi connectivity index (χ4n) is 3.46. The summed E-state index contributed by atoms with van der Waals surface area (Å²) in [6.07, 6.45) is 4.25. The third-order valence-electron chi connectivity index (χ3n) is 5.04. The number of ether oxygens (including phenoxy) is 1. The van der Waals surface area contributed by atoms with Gasteiger partial charge in [0.15, 0.2) is 5.65 Å². The van der Waals surface area contributed by atoms with E-state index in [1.165, 1.54) is 0 Å². The maximum atomic E-state index is 5.15. The third kappa shape index (κ3) is 4.02. The minimum atomic E-state index is 0.380. The molecule has 3 aromatic rings. The van der Waals surface area contributed by atoms with E-state index in [4.69, 9.17) is 19.7 Å². The minimum Gasteiger partial charge on any atom is -0.385 e. The van der Waals surface area contributed by atoms with E-state index >= 15 is 0 Å². The Bertz CT molecular complexity index is 961. The molecule has 0 unspecified atom stereocenters. The van der Waals surface area contributed by atoms with Gasteiger partial charge < -0.3 is 14.6 Å². The second-order valence-corrected chi connectivity index (χ2v) is 7.57. The zero-order chi connectivity index (χ0) is 20.3. The average Bonchev–Trinajstić information content (AvgIpc) is 2.98.